The van der Waals surface area contributed by atoms with Gasteiger partial charge in [-0.3, -0.25) is 4.90 Å². The van der Waals surface area contributed by atoms with Gasteiger partial charge in [-0.2, -0.15) is 5.10 Å². The van der Waals surface area contributed by atoms with Gasteiger partial charge in [0.25, 0.3) is 0 Å². The molecule has 5 rings (SSSR count). The summed E-state index contributed by atoms with van der Waals surface area (Å²) in [7, 11) is 2.05. The molecular formula is C25H26N6O2. The number of allylic oxidation sites excluding steroid dienone is 1. The fourth-order valence-corrected chi connectivity index (χ4v) is 3.87. The summed E-state index contributed by atoms with van der Waals surface area (Å²) in [5, 5.41) is 5.61. The largest absolute Gasteiger partial charge is 0.457 e. The quantitative estimate of drug-likeness (QED) is 0.324. The van der Waals surface area contributed by atoms with Crippen LogP contribution < -0.4 is 10.5 Å². The molecule has 8 nitrogen and oxygen atoms in total. The smallest absolute Gasteiger partial charge is 0.164 e. The molecule has 0 aliphatic carbocycles. The van der Waals surface area contributed by atoms with E-state index in [9.17, 15) is 0 Å². The van der Waals surface area contributed by atoms with Crippen molar-refractivity contribution in [3.8, 4) is 22.8 Å². The van der Waals surface area contributed by atoms with Crippen molar-refractivity contribution in [3.05, 3.63) is 73.1 Å². The second kappa shape index (κ2) is 9.01. The number of likely N-dealkylation sites (N-methyl/N-ethyl adjacent to an activating group) is 1. The monoisotopic (exact) mass is 442 g/mol. The summed E-state index contributed by atoms with van der Waals surface area (Å²) in [4.78, 5) is 10.8. The van der Waals surface area contributed by atoms with E-state index in [1.165, 1.54) is 6.33 Å². The number of benzene rings is 2. The molecule has 2 atom stereocenters. The Labute approximate surface area is 192 Å². The molecule has 4 aromatic rings. The van der Waals surface area contributed by atoms with E-state index in [0.717, 1.165) is 40.3 Å². The number of nitrogens with zero attached hydrogens (tertiary/aromatic N) is 5. The summed E-state index contributed by atoms with van der Waals surface area (Å²) in [5.74, 6) is 1.95. The molecule has 0 saturated carbocycles. The third-order valence-electron chi connectivity index (χ3n) is 5.65. The first-order valence-corrected chi connectivity index (χ1v) is 10.9. The van der Waals surface area contributed by atoms with Crippen molar-refractivity contribution in [3.63, 3.8) is 0 Å². The van der Waals surface area contributed by atoms with Gasteiger partial charge in [-0.1, -0.05) is 30.4 Å². The van der Waals surface area contributed by atoms with Crippen LogP contribution in [0.4, 0.5) is 5.82 Å². The van der Waals surface area contributed by atoms with Crippen LogP contribution in [-0.4, -0.2) is 50.6 Å². The first-order valence-electron chi connectivity index (χ1n) is 10.9. The van der Waals surface area contributed by atoms with Crippen molar-refractivity contribution >= 4 is 16.9 Å². The molecule has 2 aromatic heterocycles. The van der Waals surface area contributed by atoms with Gasteiger partial charge in [-0.25, -0.2) is 14.6 Å². The van der Waals surface area contributed by atoms with E-state index < -0.39 is 0 Å². The van der Waals surface area contributed by atoms with Crippen molar-refractivity contribution < 1.29 is 9.47 Å². The van der Waals surface area contributed by atoms with E-state index in [4.69, 9.17) is 20.3 Å². The van der Waals surface area contributed by atoms with Crippen LogP contribution in [0.25, 0.3) is 22.3 Å². The molecule has 33 heavy (non-hydrogen) atoms. The summed E-state index contributed by atoms with van der Waals surface area (Å²) in [6.45, 7) is 3.42. The second-order valence-corrected chi connectivity index (χ2v) is 7.97. The molecule has 168 valence electrons. The number of nitrogens with two attached hydrogens (primary N) is 1. The lowest BCUT2D eigenvalue weighted by molar-refractivity contribution is 0.203. The van der Waals surface area contributed by atoms with Crippen molar-refractivity contribution in [1.29, 1.82) is 0 Å². The lowest BCUT2D eigenvalue weighted by atomic mass is 10.1. The number of ether oxygens (including phenoxy) is 2. The van der Waals surface area contributed by atoms with E-state index >= 15 is 0 Å². The number of aromatic nitrogens is 4. The van der Waals surface area contributed by atoms with Crippen LogP contribution in [0.2, 0.25) is 0 Å². The standard InChI is InChI=1S/C25H26N6O2/c1-3-7-20-25(33-20)30(2)14-15-31-24-21(23(26)27-16-28-24)22(29-31)17-10-12-19(13-11-17)32-18-8-5-4-6-9-18/h3-13,16,20,25H,14-15H2,1-2H3,(H2,26,27,28)/b7-3+. The summed E-state index contributed by atoms with van der Waals surface area (Å²) in [6.07, 6.45) is 5.84. The van der Waals surface area contributed by atoms with Gasteiger partial charge in [-0.15, -0.1) is 0 Å². The second-order valence-electron chi connectivity index (χ2n) is 7.97. The number of hydrogen-bond acceptors (Lipinski definition) is 7. The minimum absolute atomic E-state index is 0.111. The Hall–Kier alpha value is -3.75. The molecule has 2 unspecified atom stereocenters. The SMILES string of the molecule is C/C=C/C1OC1N(C)CCn1nc(-c2ccc(Oc3ccccc3)cc2)c2c(N)ncnc21. The Balaban J connectivity index is 1.38. The van der Waals surface area contributed by atoms with Gasteiger partial charge < -0.3 is 15.2 Å². The Morgan fingerprint density at radius 2 is 1.85 bits per heavy atom. The number of rotatable bonds is 8. The number of fused-ring (bicyclic) bond motifs is 1. The zero-order valence-corrected chi connectivity index (χ0v) is 18.6. The highest BCUT2D eigenvalue weighted by atomic mass is 16.6. The molecule has 1 fully saturated rings. The van der Waals surface area contributed by atoms with Gasteiger partial charge in [0.1, 0.15) is 41.7 Å². The summed E-state index contributed by atoms with van der Waals surface area (Å²) < 4.78 is 13.5. The average Bonchev–Trinajstić information content (AvgIpc) is 3.50. The zero-order valence-electron chi connectivity index (χ0n) is 18.6. The fraction of sp³-hybridized carbons (Fsp3) is 0.240. The lowest BCUT2D eigenvalue weighted by Gasteiger charge is -2.13. The molecule has 0 amide bonds. The van der Waals surface area contributed by atoms with E-state index in [2.05, 4.69) is 28.0 Å². The van der Waals surface area contributed by atoms with Crippen LogP contribution in [-0.2, 0) is 11.3 Å². The third kappa shape index (κ3) is 4.44. The highest BCUT2D eigenvalue weighted by Crippen LogP contribution is 2.32. The Morgan fingerprint density at radius 3 is 2.61 bits per heavy atom. The molecule has 1 saturated heterocycles. The lowest BCUT2D eigenvalue weighted by Crippen LogP contribution is -2.27. The number of epoxide rings is 1. The van der Waals surface area contributed by atoms with Crippen LogP contribution in [0.1, 0.15) is 6.92 Å². The predicted octanol–water partition coefficient (Wildman–Crippen LogP) is 4.10. The van der Waals surface area contributed by atoms with Crippen LogP contribution >= 0.6 is 0 Å². The number of hydrogen-bond donors (Lipinski definition) is 1. The first kappa shape index (κ1) is 21.1. The van der Waals surface area contributed by atoms with Crippen molar-refractivity contribution in [2.24, 2.45) is 0 Å². The Kier molecular flexibility index (Phi) is 5.77. The molecular weight excluding hydrogens is 416 g/mol. The minimum atomic E-state index is 0.111. The molecule has 2 aromatic carbocycles. The first-order chi connectivity index (χ1) is 16.1. The van der Waals surface area contributed by atoms with Gasteiger partial charge in [0.2, 0.25) is 0 Å². The number of para-hydroxylation sites is 1. The molecule has 0 radical (unpaired) electrons. The highest BCUT2D eigenvalue weighted by molar-refractivity contribution is 5.98. The van der Waals surface area contributed by atoms with Gasteiger partial charge in [0.05, 0.1) is 11.9 Å². The topological polar surface area (TPSA) is 94.6 Å². The maximum Gasteiger partial charge on any atom is 0.164 e. The third-order valence-corrected chi connectivity index (χ3v) is 5.65. The van der Waals surface area contributed by atoms with Gasteiger partial charge in [0.15, 0.2) is 5.65 Å². The van der Waals surface area contributed by atoms with Crippen LogP contribution in [0.5, 0.6) is 11.5 Å². The van der Waals surface area contributed by atoms with Crippen LogP contribution in [0, 0.1) is 0 Å². The molecule has 0 spiro atoms. The molecule has 2 N–H and O–H groups in total. The summed E-state index contributed by atoms with van der Waals surface area (Å²) >= 11 is 0. The highest BCUT2D eigenvalue weighted by Gasteiger charge is 2.39. The van der Waals surface area contributed by atoms with Crippen molar-refractivity contribution in [2.75, 3.05) is 19.3 Å². The Bertz CT molecular complexity index is 1270. The molecule has 1 aliphatic rings. The van der Waals surface area contributed by atoms with Crippen LogP contribution in [0.3, 0.4) is 0 Å². The van der Waals surface area contributed by atoms with Crippen molar-refractivity contribution in [1.82, 2.24) is 24.6 Å². The fourth-order valence-electron chi connectivity index (χ4n) is 3.87. The number of anilines is 1. The summed E-state index contributed by atoms with van der Waals surface area (Å²) in [6, 6.07) is 17.5. The molecule has 8 heteroatoms. The van der Waals surface area contributed by atoms with Gasteiger partial charge >= 0.3 is 0 Å². The average molecular weight is 443 g/mol. The molecule has 1 aliphatic heterocycles. The van der Waals surface area contributed by atoms with Crippen LogP contribution in [0.15, 0.2) is 73.1 Å². The normalized spacial score (nSPS) is 17.8. The van der Waals surface area contributed by atoms with Gasteiger partial charge in [-0.05, 0) is 50.4 Å². The van der Waals surface area contributed by atoms with E-state index in [-0.39, 0.29) is 12.3 Å². The number of nitrogen functional groups attached to an aromatic ring is 1. The van der Waals surface area contributed by atoms with Crippen molar-refractivity contribution in [2.45, 2.75) is 25.8 Å². The minimum Gasteiger partial charge on any atom is -0.457 e. The van der Waals surface area contributed by atoms with E-state index in [0.29, 0.717) is 12.4 Å². The maximum absolute atomic E-state index is 6.24. The molecule has 0 bridgehead atoms. The zero-order chi connectivity index (χ0) is 22.8. The summed E-state index contributed by atoms with van der Waals surface area (Å²) in [5.41, 5.74) is 8.64. The van der Waals surface area contributed by atoms with E-state index in [1.807, 2.05) is 72.3 Å². The van der Waals surface area contributed by atoms with Gasteiger partial charge in [0, 0.05) is 12.1 Å². The maximum atomic E-state index is 6.24. The molecule has 3 heterocycles. The Morgan fingerprint density at radius 1 is 1.09 bits per heavy atom. The van der Waals surface area contributed by atoms with E-state index in [1.54, 1.807) is 0 Å². The predicted molar refractivity (Wildman–Crippen MR) is 128 cm³/mol.